The largest absolute Gasteiger partial charge is 0.468 e. The molecule has 2 heterocycles. The molecule has 2 aliphatic heterocycles. The Bertz CT molecular complexity index is 724. The third kappa shape index (κ3) is 3.51. The molecule has 2 saturated heterocycles. The van der Waals surface area contributed by atoms with E-state index in [1.165, 1.54) is 35.4 Å². The summed E-state index contributed by atoms with van der Waals surface area (Å²) < 4.78 is 4.70. The van der Waals surface area contributed by atoms with Crippen LogP contribution in [0.15, 0.2) is 30.0 Å². The van der Waals surface area contributed by atoms with Crippen molar-refractivity contribution in [1.29, 1.82) is 0 Å². The average Bonchev–Trinajstić information content (AvgIpc) is 3.23. The Morgan fingerprint density at radius 3 is 2.48 bits per heavy atom. The molecular weight excluding hydrogens is 338 g/mol. The lowest BCUT2D eigenvalue weighted by atomic mass is 10.1. The maximum atomic E-state index is 12.4. The molecule has 25 heavy (non-hydrogen) atoms. The summed E-state index contributed by atoms with van der Waals surface area (Å²) in [6.45, 7) is 2.10. The minimum atomic E-state index is -0.444. The van der Waals surface area contributed by atoms with E-state index in [0.29, 0.717) is 10.8 Å². The van der Waals surface area contributed by atoms with Crippen LogP contribution in [0.25, 0.3) is 6.08 Å². The van der Waals surface area contributed by atoms with Crippen LogP contribution in [-0.4, -0.2) is 60.6 Å². The van der Waals surface area contributed by atoms with Gasteiger partial charge in [0.2, 0.25) is 0 Å². The van der Waals surface area contributed by atoms with Crippen LogP contribution >= 0.6 is 12.2 Å². The van der Waals surface area contributed by atoms with Crippen molar-refractivity contribution in [3.05, 3.63) is 35.5 Å². The lowest BCUT2D eigenvalue weighted by molar-refractivity contribution is -0.140. The summed E-state index contributed by atoms with van der Waals surface area (Å²) in [5, 5.41) is 0.301. The standard InChI is InChI=1S/C18H21N3O3S/c1-19-17(23)15(21(18(19)25)12-16(22)24-2)11-13-5-7-14(8-6-13)20-9-3-4-10-20/h5-8,11H,3-4,9-10,12H2,1-2H3. The van der Waals surface area contributed by atoms with Gasteiger partial charge in [-0.05, 0) is 48.8 Å². The first-order valence-corrected chi connectivity index (χ1v) is 8.65. The topological polar surface area (TPSA) is 53.1 Å². The third-order valence-corrected chi connectivity index (χ3v) is 5.01. The number of thiocarbonyl (C=S) groups is 1. The van der Waals surface area contributed by atoms with E-state index in [0.717, 1.165) is 18.7 Å². The van der Waals surface area contributed by atoms with Crippen LogP contribution in [0.4, 0.5) is 5.69 Å². The molecule has 0 saturated carbocycles. The number of rotatable bonds is 4. The van der Waals surface area contributed by atoms with Gasteiger partial charge in [-0.2, -0.15) is 0 Å². The monoisotopic (exact) mass is 359 g/mol. The van der Waals surface area contributed by atoms with Crippen molar-refractivity contribution in [3.8, 4) is 0 Å². The van der Waals surface area contributed by atoms with Gasteiger partial charge in [-0.1, -0.05) is 12.1 Å². The maximum Gasteiger partial charge on any atom is 0.325 e. The minimum absolute atomic E-state index is 0.0802. The Kier molecular flexibility index (Phi) is 5.03. The second-order valence-electron chi connectivity index (χ2n) is 6.12. The molecule has 2 aliphatic rings. The summed E-state index contributed by atoms with van der Waals surface area (Å²) in [6, 6.07) is 8.07. The zero-order chi connectivity index (χ0) is 18.0. The van der Waals surface area contributed by atoms with Gasteiger partial charge in [0, 0.05) is 25.8 Å². The lowest BCUT2D eigenvalue weighted by Crippen LogP contribution is -2.33. The van der Waals surface area contributed by atoms with E-state index in [1.54, 1.807) is 13.1 Å². The van der Waals surface area contributed by atoms with Crippen LogP contribution in [-0.2, 0) is 14.3 Å². The van der Waals surface area contributed by atoms with E-state index < -0.39 is 5.97 Å². The third-order valence-electron chi connectivity index (χ3n) is 4.51. The second-order valence-corrected chi connectivity index (χ2v) is 6.49. The van der Waals surface area contributed by atoms with Crippen molar-refractivity contribution in [2.75, 3.05) is 38.7 Å². The SMILES string of the molecule is COC(=O)CN1C(=S)N(C)C(=O)C1=Cc1ccc(N2CCCC2)cc1. The van der Waals surface area contributed by atoms with Gasteiger partial charge in [-0.25, -0.2) is 0 Å². The van der Waals surface area contributed by atoms with Crippen molar-refractivity contribution in [3.63, 3.8) is 0 Å². The summed E-state index contributed by atoms with van der Waals surface area (Å²) in [7, 11) is 2.92. The molecule has 7 heteroatoms. The van der Waals surface area contributed by atoms with E-state index in [2.05, 4.69) is 17.0 Å². The molecular formula is C18H21N3O3S. The maximum absolute atomic E-state index is 12.4. The summed E-state index contributed by atoms with van der Waals surface area (Å²) >= 11 is 5.27. The molecule has 0 radical (unpaired) electrons. The number of carbonyl (C=O) groups excluding carboxylic acids is 2. The zero-order valence-corrected chi connectivity index (χ0v) is 15.2. The molecule has 0 bridgehead atoms. The molecule has 6 nitrogen and oxygen atoms in total. The number of esters is 1. The number of amides is 1. The van der Waals surface area contributed by atoms with Crippen LogP contribution in [0.1, 0.15) is 18.4 Å². The molecule has 0 unspecified atom stereocenters. The van der Waals surface area contributed by atoms with Gasteiger partial charge >= 0.3 is 5.97 Å². The lowest BCUT2D eigenvalue weighted by Gasteiger charge is -2.18. The van der Waals surface area contributed by atoms with Crippen molar-refractivity contribution < 1.29 is 14.3 Å². The van der Waals surface area contributed by atoms with E-state index in [9.17, 15) is 9.59 Å². The molecule has 0 atom stereocenters. The number of ether oxygens (including phenoxy) is 1. The first-order valence-electron chi connectivity index (χ1n) is 8.24. The Balaban J connectivity index is 1.84. The number of benzene rings is 1. The number of hydrogen-bond acceptors (Lipinski definition) is 5. The van der Waals surface area contributed by atoms with Crippen molar-refractivity contribution >= 4 is 41.0 Å². The Labute approximate surface area is 152 Å². The number of hydrogen-bond donors (Lipinski definition) is 0. The molecule has 132 valence electrons. The molecule has 1 aromatic carbocycles. The number of nitrogens with zero attached hydrogens (tertiary/aromatic N) is 3. The second kappa shape index (κ2) is 7.23. The van der Waals surface area contributed by atoms with Crippen LogP contribution < -0.4 is 4.90 Å². The number of anilines is 1. The highest BCUT2D eigenvalue weighted by Gasteiger charge is 2.36. The van der Waals surface area contributed by atoms with Gasteiger partial charge < -0.3 is 14.5 Å². The number of likely N-dealkylation sites (N-methyl/N-ethyl adjacent to an activating group) is 1. The summed E-state index contributed by atoms with van der Waals surface area (Å²) in [5.74, 6) is -0.668. The van der Waals surface area contributed by atoms with E-state index >= 15 is 0 Å². The van der Waals surface area contributed by atoms with Gasteiger partial charge in [0.1, 0.15) is 12.2 Å². The van der Waals surface area contributed by atoms with Gasteiger partial charge in [0.25, 0.3) is 5.91 Å². The molecule has 2 fully saturated rings. The minimum Gasteiger partial charge on any atom is -0.468 e. The predicted octanol–water partition coefficient (Wildman–Crippen LogP) is 1.86. The van der Waals surface area contributed by atoms with Crippen molar-refractivity contribution in [1.82, 2.24) is 9.80 Å². The summed E-state index contributed by atoms with van der Waals surface area (Å²) in [4.78, 5) is 29.3. The van der Waals surface area contributed by atoms with Gasteiger partial charge in [-0.3, -0.25) is 14.5 Å². The van der Waals surface area contributed by atoms with Gasteiger partial charge in [0.05, 0.1) is 7.11 Å². The summed E-state index contributed by atoms with van der Waals surface area (Å²) in [5.41, 5.74) is 2.46. The Hall–Kier alpha value is -2.41. The predicted molar refractivity (Wildman–Crippen MR) is 100.0 cm³/mol. The Morgan fingerprint density at radius 2 is 1.88 bits per heavy atom. The fourth-order valence-electron chi connectivity index (χ4n) is 3.06. The zero-order valence-electron chi connectivity index (χ0n) is 14.4. The molecule has 0 aliphatic carbocycles. The van der Waals surface area contributed by atoms with Crippen molar-refractivity contribution in [2.45, 2.75) is 12.8 Å². The fourth-order valence-corrected chi connectivity index (χ4v) is 3.30. The highest BCUT2D eigenvalue weighted by atomic mass is 32.1. The normalized spacial score (nSPS) is 19.3. The first kappa shape index (κ1) is 17.4. The average molecular weight is 359 g/mol. The fraction of sp³-hybridized carbons (Fsp3) is 0.389. The summed E-state index contributed by atoms with van der Waals surface area (Å²) in [6.07, 6.45) is 4.22. The number of methoxy groups -OCH3 is 1. The molecule has 0 spiro atoms. The molecule has 1 amide bonds. The van der Waals surface area contributed by atoms with E-state index in [4.69, 9.17) is 17.0 Å². The number of carbonyl (C=O) groups is 2. The highest BCUT2D eigenvalue weighted by Crippen LogP contribution is 2.25. The van der Waals surface area contributed by atoms with Crippen LogP contribution in [0, 0.1) is 0 Å². The molecule has 3 rings (SSSR count). The van der Waals surface area contributed by atoms with Gasteiger partial charge in [-0.15, -0.1) is 0 Å². The van der Waals surface area contributed by atoms with Crippen molar-refractivity contribution in [2.24, 2.45) is 0 Å². The molecule has 1 aromatic rings. The van der Waals surface area contributed by atoms with Crippen LogP contribution in [0.3, 0.4) is 0 Å². The molecule has 0 aromatic heterocycles. The van der Waals surface area contributed by atoms with Crippen LogP contribution in [0.5, 0.6) is 0 Å². The Morgan fingerprint density at radius 1 is 1.24 bits per heavy atom. The first-order chi connectivity index (χ1) is 12.0. The van der Waals surface area contributed by atoms with E-state index in [1.807, 2.05) is 12.1 Å². The smallest absolute Gasteiger partial charge is 0.325 e. The van der Waals surface area contributed by atoms with Crippen LogP contribution in [0.2, 0.25) is 0 Å². The van der Waals surface area contributed by atoms with Gasteiger partial charge in [0.15, 0.2) is 5.11 Å². The molecule has 0 N–H and O–H groups in total. The quantitative estimate of drug-likeness (QED) is 0.465. The van der Waals surface area contributed by atoms with E-state index in [-0.39, 0.29) is 12.5 Å². The highest BCUT2D eigenvalue weighted by molar-refractivity contribution is 7.80.